The highest BCUT2D eigenvalue weighted by molar-refractivity contribution is 5.76. The third-order valence-electron chi connectivity index (χ3n) is 5.95. The normalized spacial score (nSPS) is 17.9. The van der Waals surface area contributed by atoms with Crippen LogP contribution in [0.3, 0.4) is 0 Å². The van der Waals surface area contributed by atoms with Gasteiger partial charge in [0.25, 0.3) is 0 Å². The summed E-state index contributed by atoms with van der Waals surface area (Å²) in [6.07, 6.45) is -0.284. The van der Waals surface area contributed by atoms with E-state index >= 15 is 0 Å². The van der Waals surface area contributed by atoms with Crippen molar-refractivity contribution in [3.63, 3.8) is 0 Å². The molecule has 1 aromatic heterocycles. The summed E-state index contributed by atoms with van der Waals surface area (Å²) in [5, 5.41) is 0. The second-order valence-electron chi connectivity index (χ2n) is 7.84. The summed E-state index contributed by atoms with van der Waals surface area (Å²) in [6.45, 7) is 2.36. The highest BCUT2D eigenvalue weighted by Crippen LogP contribution is 2.36. The number of alkyl halides is 3. The second-order valence-corrected chi connectivity index (χ2v) is 7.84. The Kier molecular flexibility index (Phi) is 5.48. The number of nitrogens with zero attached hydrogens (tertiary/aromatic N) is 3. The lowest BCUT2D eigenvalue weighted by Gasteiger charge is -2.35. The molecule has 3 heterocycles. The molecule has 4 nitrogen and oxygen atoms in total. The molecule has 0 aliphatic carbocycles. The SMILES string of the molecule is O=C(CC1CCN(c2ncccc2C(F)(F)F)CC1)N1CCc2ccccc2C1. The molecule has 2 aliphatic heterocycles. The van der Waals surface area contributed by atoms with Crippen molar-refractivity contribution in [2.45, 2.75) is 38.4 Å². The quantitative estimate of drug-likeness (QED) is 0.767. The van der Waals surface area contributed by atoms with E-state index < -0.39 is 11.7 Å². The zero-order chi connectivity index (χ0) is 20.4. The van der Waals surface area contributed by atoms with Gasteiger partial charge in [-0.15, -0.1) is 0 Å². The lowest BCUT2D eigenvalue weighted by Crippen LogP contribution is -2.40. The summed E-state index contributed by atoms with van der Waals surface area (Å²) in [4.78, 5) is 20.4. The average Bonchev–Trinajstić information content (AvgIpc) is 2.73. The fourth-order valence-electron chi connectivity index (χ4n) is 4.30. The zero-order valence-electron chi connectivity index (χ0n) is 16.2. The maximum Gasteiger partial charge on any atom is 0.419 e. The topological polar surface area (TPSA) is 36.4 Å². The molecule has 0 bridgehead atoms. The first-order valence-electron chi connectivity index (χ1n) is 10.0. The van der Waals surface area contributed by atoms with Crippen LogP contribution in [0.15, 0.2) is 42.6 Å². The molecule has 1 amide bonds. The Morgan fingerprint density at radius 3 is 2.48 bits per heavy atom. The van der Waals surface area contributed by atoms with Gasteiger partial charge in [-0.05, 0) is 48.4 Å². The molecule has 2 aliphatic rings. The van der Waals surface area contributed by atoms with Gasteiger partial charge in [-0.3, -0.25) is 4.79 Å². The molecule has 1 aromatic carbocycles. The Labute approximate surface area is 168 Å². The molecule has 0 N–H and O–H groups in total. The molecule has 29 heavy (non-hydrogen) atoms. The monoisotopic (exact) mass is 403 g/mol. The number of rotatable bonds is 3. The van der Waals surface area contributed by atoms with E-state index in [1.54, 1.807) is 4.90 Å². The average molecular weight is 403 g/mol. The number of hydrogen-bond donors (Lipinski definition) is 0. The van der Waals surface area contributed by atoms with Gasteiger partial charge in [0.1, 0.15) is 5.82 Å². The molecule has 0 atom stereocenters. The Morgan fingerprint density at radius 1 is 1.03 bits per heavy atom. The molecule has 2 aromatic rings. The minimum atomic E-state index is -4.42. The van der Waals surface area contributed by atoms with Crippen LogP contribution in [-0.2, 0) is 23.9 Å². The predicted octanol–water partition coefficient (Wildman–Crippen LogP) is 4.29. The lowest BCUT2D eigenvalue weighted by atomic mass is 9.92. The van der Waals surface area contributed by atoms with Crippen molar-refractivity contribution in [3.05, 3.63) is 59.3 Å². The van der Waals surface area contributed by atoms with Crippen molar-refractivity contribution in [2.75, 3.05) is 24.5 Å². The van der Waals surface area contributed by atoms with Crippen molar-refractivity contribution >= 4 is 11.7 Å². The summed E-state index contributed by atoms with van der Waals surface area (Å²) in [7, 11) is 0. The van der Waals surface area contributed by atoms with E-state index in [9.17, 15) is 18.0 Å². The van der Waals surface area contributed by atoms with Crippen molar-refractivity contribution in [1.29, 1.82) is 0 Å². The van der Waals surface area contributed by atoms with Crippen molar-refractivity contribution in [2.24, 2.45) is 5.92 Å². The summed E-state index contributed by atoms with van der Waals surface area (Å²) in [6, 6.07) is 10.6. The molecule has 4 rings (SSSR count). The van der Waals surface area contributed by atoms with Crippen molar-refractivity contribution in [3.8, 4) is 0 Å². The fraction of sp³-hybridized carbons (Fsp3) is 0.455. The molecule has 154 valence electrons. The van der Waals surface area contributed by atoms with E-state index in [4.69, 9.17) is 0 Å². The first-order valence-corrected chi connectivity index (χ1v) is 10.0. The summed E-state index contributed by atoms with van der Waals surface area (Å²) in [5.74, 6) is 0.346. The van der Waals surface area contributed by atoms with Crippen LogP contribution >= 0.6 is 0 Å². The third-order valence-corrected chi connectivity index (χ3v) is 5.95. The van der Waals surface area contributed by atoms with Gasteiger partial charge in [0.2, 0.25) is 5.91 Å². The molecule has 0 spiro atoms. The number of pyridine rings is 1. The second kappa shape index (κ2) is 8.05. The number of piperidine rings is 1. The Hall–Kier alpha value is -2.57. The van der Waals surface area contributed by atoms with Gasteiger partial charge in [-0.1, -0.05) is 24.3 Å². The van der Waals surface area contributed by atoms with Gasteiger partial charge in [-0.25, -0.2) is 4.98 Å². The standard InChI is InChI=1S/C22H24F3N3O/c23-22(24,25)19-6-3-10-26-21(19)27-11-7-16(8-12-27)14-20(29)28-13-9-17-4-1-2-5-18(17)15-28/h1-6,10,16H,7-9,11-15H2. The molecule has 1 saturated heterocycles. The van der Waals surface area contributed by atoms with Gasteiger partial charge in [0.15, 0.2) is 0 Å². The van der Waals surface area contributed by atoms with Gasteiger partial charge in [-0.2, -0.15) is 13.2 Å². The van der Waals surface area contributed by atoms with Crippen LogP contribution < -0.4 is 4.90 Å². The highest BCUT2D eigenvalue weighted by Gasteiger charge is 2.36. The van der Waals surface area contributed by atoms with Crippen LogP contribution in [-0.4, -0.2) is 35.4 Å². The number of amides is 1. The van der Waals surface area contributed by atoms with E-state index in [1.165, 1.54) is 23.4 Å². The first kappa shape index (κ1) is 19.7. The van der Waals surface area contributed by atoms with Crippen LogP contribution in [0, 0.1) is 5.92 Å². The Bertz CT molecular complexity index is 876. The van der Waals surface area contributed by atoms with Gasteiger partial charge in [0.05, 0.1) is 5.56 Å². The number of carbonyl (C=O) groups excluding carboxylic acids is 1. The largest absolute Gasteiger partial charge is 0.419 e. The molecule has 0 saturated carbocycles. The minimum Gasteiger partial charge on any atom is -0.356 e. The number of benzene rings is 1. The van der Waals surface area contributed by atoms with Crippen LogP contribution in [0.5, 0.6) is 0 Å². The number of fused-ring (bicyclic) bond motifs is 1. The van der Waals surface area contributed by atoms with Crippen molar-refractivity contribution < 1.29 is 18.0 Å². The van der Waals surface area contributed by atoms with Crippen LogP contribution in [0.4, 0.5) is 19.0 Å². The van der Waals surface area contributed by atoms with Crippen LogP contribution in [0.25, 0.3) is 0 Å². The van der Waals surface area contributed by atoms with E-state index in [2.05, 4.69) is 17.1 Å². The molecular formula is C22H24F3N3O. The van der Waals surface area contributed by atoms with Gasteiger partial charge < -0.3 is 9.80 Å². The highest BCUT2D eigenvalue weighted by atomic mass is 19.4. The number of hydrogen-bond acceptors (Lipinski definition) is 3. The Balaban J connectivity index is 1.34. The molecular weight excluding hydrogens is 379 g/mol. The van der Waals surface area contributed by atoms with Gasteiger partial charge >= 0.3 is 6.18 Å². The molecule has 0 radical (unpaired) electrons. The number of carbonyl (C=O) groups is 1. The maximum absolute atomic E-state index is 13.2. The molecule has 0 unspecified atom stereocenters. The number of aromatic nitrogens is 1. The number of anilines is 1. The zero-order valence-corrected chi connectivity index (χ0v) is 16.2. The molecule has 7 heteroatoms. The van der Waals surface area contributed by atoms with E-state index in [1.807, 2.05) is 17.0 Å². The summed E-state index contributed by atoms with van der Waals surface area (Å²) < 4.78 is 39.7. The summed E-state index contributed by atoms with van der Waals surface area (Å²) in [5.41, 5.74) is 1.82. The smallest absolute Gasteiger partial charge is 0.356 e. The lowest BCUT2D eigenvalue weighted by molar-refractivity contribution is -0.137. The van der Waals surface area contributed by atoms with Crippen molar-refractivity contribution in [1.82, 2.24) is 9.88 Å². The minimum absolute atomic E-state index is 0.00239. The molecule has 1 fully saturated rings. The third kappa shape index (κ3) is 4.38. The number of halogens is 3. The predicted molar refractivity (Wildman–Crippen MR) is 104 cm³/mol. The van der Waals surface area contributed by atoms with Crippen LogP contribution in [0.1, 0.15) is 36.0 Å². The summed E-state index contributed by atoms with van der Waals surface area (Å²) >= 11 is 0. The Morgan fingerprint density at radius 2 is 1.76 bits per heavy atom. The van der Waals surface area contributed by atoms with Gasteiger partial charge in [0, 0.05) is 38.8 Å². The van der Waals surface area contributed by atoms with E-state index in [-0.39, 0.29) is 17.6 Å². The van der Waals surface area contributed by atoms with Crippen LogP contribution in [0.2, 0.25) is 0 Å². The maximum atomic E-state index is 13.2. The fourth-order valence-corrected chi connectivity index (χ4v) is 4.30. The van der Waals surface area contributed by atoms with E-state index in [0.717, 1.165) is 19.0 Å². The first-order chi connectivity index (χ1) is 13.9. The van der Waals surface area contributed by atoms with E-state index in [0.29, 0.717) is 38.9 Å².